The Morgan fingerprint density at radius 2 is 1.57 bits per heavy atom. The third-order valence-electron chi connectivity index (χ3n) is 7.56. The SMILES string of the molecule is Cc1ccc(-n2nc(C(C)(C)C)cc2NC(=O)N(OS(C)(=O)=O)c2ccc(N3CCN(C(=O)c4ccccc4)CC3)nc2C)cc1. The van der Waals surface area contributed by atoms with E-state index in [4.69, 9.17) is 9.38 Å². The summed E-state index contributed by atoms with van der Waals surface area (Å²) in [5, 5.41) is 8.23. The molecule has 5 rings (SSSR count). The smallest absolute Gasteiger partial charge is 0.352 e. The minimum Gasteiger partial charge on any atom is -0.353 e. The monoisotopic (exact) mass is 645 g/mol. The Morgan fingerprint density at radius 3 is 2.15 bits per heavy atom. The first-order valence-electron chi connectivity index (χ1n) is 14.9. The fraction of sp³-hybridized carbons (Fsp3) is 0.333. The lowest BCUT2D eigenvalue weighted by Crippen LogP contribution is -2.49. The van der Waals surface area contributed by atoms with Crippen molar-refractivity contribution in [2.45, 2.75) is 40.0 Å². The van der Waals surface area contributed by atoms with Crippen molar-refractivity contribution >= 4 is 39.4 Å². The van der Waals surface area contributed by atoms with Crippen molar-refractivity contribution in [1.82, 2.24) is 19.7 Å². The van der Waals surface area contributed by atoms with E-state index in [0.717, 1.165) is 23.2 Å². The van der Waals surface area contributed by atoms with Crippen LogP contribution < -0.4 is 15.3 Å². The van der Waals surface area contributed by atoms with Crippen LogP contribution in [0.5, 0.6) is 0 Å². The summed E-state index contributed by atoms with van der Waals surface area (Å²) >= 11 is 0. The van der Waals surface area contributed by atoms with Crippen LogP contribution >= 0.6 is 0 Å². The highest BCUT2D eigenvalue weighted by Gasteiger charge is 2.29. The number of nitrogens with zero attached hydrogens (tertiary/aromatic N) is 6. The maximum Gasteiger partial charge on any atom is 0.352 e. The van der Waals surface area contributed by atoms with Gasteiger partial charge in [-0.1, -0.05) is 56.7 Å². The molecule has 1 saturated heterocycles. The molecule has 242 valence electrons. The van der Waals surface area contributed by atoms with Crippen molar-refractivity contribution in [2.24, 2.45) is 0 Å². The van der Waals surface area contributed by atoms with Crippen molar-refractivity contribution in [3.05, 3.63) is 95.3 Å². The van der Waals surface area contributed by atoms with Crippen LogP contribution in [0.2, 0.25) is 0 Å². The molecule has 3 heterocycles. The normalized spacial score (nSPS) is 13.9. The van der Waals surface area contributed by atoms with Gasteiger partial charge in [-0.25, -0.2) is 14.5 Å². The highest BCUT2D eigenvalue weighted by atomic mass is 32.2. The number of anilines is 3. The first-order chi connectivity index (χ1) is 21.7. The number of piperazine rings is 1. The van der Waals surface area contributed by atoms with Gasteiger partial charge in [0, 0.05) is 43.2 Å². The van der Waals surface area contributed by atoms with Gasteiger partial charge in [-0.2, -0.15) is 18.6 Å². The molecule has 1 fully saturated rings. The standard InChI is InChI=1S/C33H39N7O5S/c1-23-12-14-26(15-13-23)39-30(22-28(36-39)33(3,4)5)35-32(42)40(45-46(6,43)44)27-16-17-29(34-24(27)2)37-18-20-38(21-19-37)31(41)25-10-8-7-9-11-25/h7-17,22H,18-21H2,1-6H3,(H,35,42). The first kappa shape index (κ1) is 32.6. The van der Waals surface area contributed by atoms with Crippen LogP contribution in [-0.2, 0) is 19.8 Å². The van der Waals surface area contributed by atoms with Gasteiger partial charge in [-0.15, -0.1) is 4.28 Å². The lowest BCUT2D eigenvalue weighted by atomic mass is 9.92. The molecule has 46 heavy (non-hydrogen) atoms. The van der Waals surface area contributed by atoms with Gasteiger partial charge in [0.2, 0.25) is 0 Å². The summed E-state index contributed by atoms with van der Waals surface area (Å²) in [6.07, 6.45) is 0.870. The summed E-state index contributed by atoms with van der Waals surface area (Å²) in [7, 11) is -4.11. The van der Waals surface area contributed by atoms with Crippen LogP contribution in [0.15, 0.2) is 72.8 Å². The highest BCUT2D eigenvalue weighted by Crippen LogP contribution is 2.29. The van der Waals surface area contributed by atoms with Gasteiger partial charge in [0.1, 0.15) is 11.6 Å². The molecule has 0 bridgehead atoms. The molecule has 1 aliphatic heterocycles. The van der Waals surface area contributed by atoms with Crippen molar-refractivity contribution in [2.75, 3.05) is 47.7 Å². The Balaban J connectivity index is 1.38. The van der Waals surface area contributed by atoms with Crippen LogP contribution in [0.1, 0.15) is 48.1 Å². The number of benzene rings is 2. The number of urea groups is 1. The van der Waals surface area contributed by atoms with Crippen LogP contribution in [0.25, 0.3) is 5.69 Å². The molecular formula is C33H39N7O5S. The zero-order chi connectivity index (χ0) is 33.2. The second kappa shape index (κ2) is 12.9. The molecule has 0 aliphatic carbocycles. The van der Waals surface area contributed by atoms with E-state index in [2.05, 4.69) is 10.3 Å². The number of pyridine rings is 1. The van der Waals surface area contributed by atoms with E-state index in [1.54, 1.807) is 41.9 Å². The Kier molecular flexibility index (Phi) is 9.17. The number of aromatic nitrogens is 3. The predicted molar refractivity (Wildman–Crippen MR) is 178 cm³/mol. The van der Waals surface area contributed by atoms with E-state index in [1.165, 1.54) is 0 Å². The quantitative estimate of drug-likeness (QED) is 0.276. The Bertz CT molecular complexity index is 1830. The van der Waals surface area contributed by atoms with Crippen molar-refractivity contribution in [3.63, 3.8) is 0 Å². The van der Waals surface area contributed by atoms with E-state index in [-0.39, 0.29) is 17.0 Å². The largest absolute Gasteiger partial charge is 0.353 e. The zero-order valence-electron chi connectivity index (χ0n) is 26.9. The third-order valence-corrected chi connectivity index (χ3v) is 7.98. The molecule has 0 atom stereocenters. The number of carbonyl (C=O) groups excluding carboxylic acids is 2. The molecule has 2 aromatic carbocycles. The minimum atomic E-state index is -4.11. The molecule has 3 amide bonds. The molecule has 0 radical (unpaired) electrons. The topological polar surface area (TPSA) is 130 Å². The molecule has 0 unspecified atom stereocenters. The lowest BCUT2D eigenvalue weighted by Gasteiger charge is -2.35. The van der Waals surface area contributed by atoms with E-state index in [9.17, 15) is 18.0 Å². The summed E-state index contributed by atoms with van der Waals surface area (Å²) in [6.45, 7) is 11.9. The number of amides is 3. The fourth-order valence-electron chi connectivity index (χ4n) is 5.03. The van der Waals surface area contributed by atoms with Crippen LogP contribution in [0.3, 0.4) is 0 Å². The number of nitrogens with one attached hydrogen (secondary N) is 1. The number of carbonyl (C=O) groups is 2. The molecule has 1 N–H and O–H groups in total. The Labute approximate surface area is 269 Å². The summed E-state index contributed by atoms with van der Waals surface area (Å²) < 4.78 is 31.5. The average molecular weight is 646 g/mol. The molecule has 0 saturated carbocycles. The van der Waals surface area contributed by atoms with E-state index in [0.29, 0.717) is 54.1 Å². The third kappa shape index (κ3) is 7.54. The van der Waals surface area contributed by atoms with Gasteiger partial charge in [-0.05, 0) is 50.2 Å². The van der Waals surface area contributed by atoms with Crippen molar-refractivity contribution in [3.8, 4) is 5.69 Å². The van der Waals surface area contributed by atoms with E-state index in [1.807, 2.05) is 80.0 Å². The van der Waals surface area contributed by atoms with Gasteiger partial charge in [0.15, 0.2) is 0 Å². The molecule has 12 nitrogen and oxygen atoms in total. The Hall–Kier alpha value is -4.75. The van der Waals surface area contributed by atoms with Crippen LogP contribution in [0, 0.1) is 13.8 Å². The predicted octanol–water partition coefficient (Wildman–Crippen LogP) is 5.07. The summed E-state index contributed by atoms with van der Waals surface area (Å²) in [4.78, 5) is 35.2. The van der Waals surface area contributed by atoms with Crippen LogP contribution in [-0.4, -0.2) is 72.5 Å². The van der Waals surface area contributed by atoms with E-state index < -0.39 is 16.1 Å². The summed E-state index contributed by atoms with van der Waals surface area (Å²) in [5.74, 6) is 0.962. The molecule has 0 spiro atoms. The second-order valence-electron chi connectivity index (χ2n) is 12.3. The lowest BCUT2D eigenvalue weighted by molar-refractivity contribution is 0.0746. The number of hydrogen-bond donors (Lipinski definition) is 1. The number of rotatable bonds is 7. The second-order valence-corrected chi connectivity index (χ2v) is 13.9. The molecule has 1 aliphatic rings. The minimum absolute atomic E-state index is 0.0161. The number of hydroxylamine groups is 1. The maximum atomic E-state index is 13.8. The fourth-order valence-corrected chi connectivity index (χ4v) is 5.45. The Morgan fingerprint density at radius 1 is 0.913 bits per heavy atom. The van der Waals surface area contributed by atoms with Crippen molar-refractivity contribution in [1.29, 1.82) is 0 Å². The summed E-state index contributed by atoms with van der Waals surface area (Å²) in [6, 6.07) is 21.0. The van der Waals surface area contributed by atoms with Gasteiger partial charge >= 0.3 is 6.03 Å². The molecular weight excluding hydrogens is 606 g/mol. The zero-order valence-corrected chi connectivity index (χ0v) is 27.7. The highest BCUT2D eigenvalue weighted by molar-refractivity contribution is 7.86. The number of aryl methyl sites for hydroxylation is 2. The van der Waals surface area contributed by atoms with Gasteiger partial charge in [0.05, 0.1) is 29.0 Å². The van der Waals surface area contributed by atoms with Crippen molar-refractivity contribution < 1.29 is 22.3 Å². The molecule has 2 aromatic heterocycles. The number of hydrogen-bond acceptors (Lipinski definition) is 8. The van der Waals surface area contributed by atoms with Gasteiger partial charge in [-0.3, -0.25) is 10.1 Å². The van der Waals surface area contributed by atoms with Crippen LogP contribution in [0.4, 0.5) is 22.1 Å². The molecule has 13 heteroatoms. The average Bonchev–Trinajstić information content (AvgIpc) is 3.44. The van der Waals surface area contributed by atoms with E-state index >= 15 is 0 Å². The van der Waals surface area contributed by atoms with Gasteiger partial charge < -0.3 is 9.80 Å². The molecule has 4 aromatic rings. The maximum absolute atomic E-state index is 13.8. The first-order valence-corrected chi connectivity index (χ1v) is 16.8. The van der Waals surface area contributed by atoms with Gasteiger partial charge in [0.25, 0.3) is 16.0 Å². The summed E-state index contributed by atoms with van der Waals surface area (Å²) in [5.41, 5.74) is 3.37.